The molecule has 2 aliphatic rings. The van der Waals surface area contributed by atoms with Gasteiger partial charge in [-0.2, -0.15) is 0 Å². The van der Waals surface area contributed by atoms with Crippen molar-refractivity contribution in [3.8, 4) is 11.5 Å². The van der Waals surface area contributed by atoms with Crippen LogP contribution in [0.15, 0.2) is 36.4 Å². The molecule has 5 heteroatoms. The van der Waals surface area contributed by atoms with E-state index in [1.165, 1.54) is 11.1 Å². The molecule has 2 aromatic carbocycles. The van der Waals surface area contributed by atoms with Crippen LogP contribution in [0.2, 0.25) is 0 Å². The maximum Gasteiger partial charge on any atom is 0.220 e. The molecular weight excluding hydrogens is 342 g/mol. The molecule has 1 N–H and O–H groups in total. The standard InChI is InChI=1S/C22H23NO4/c24-19(18-6-5-16-2-1-3-17(16)13-18)7-9-22(25)23-14-15-4-8-20-21(12-15)27-11-10-26-20/h4-6,8,12-13H,1-3,7,9-11,14H2,(H,23,25). The molecule has 1 aliphatic carbocycles. The van der Waals surface area contributed by atoms with Gasteiger partial charge < -0.3 is 14.8 Å². The van der Waals surface area contributed by atoms with E-state index in [-0.39, 0.29) is 24.5 Å². The Morgan fingerprint density at radius 2 is 1.70 bits per heavy atom. The summed E-state index contributed by atoms with van der Waals surface area (Å²) in [5, 5.41) is 2.87. The van der Waals surface area contributed by atoms with Crippen molar-refractivity contribution in [3.05, 3.63) is 58.7 Å². The highest BCUT2D eigenvalue weighted by atomic mass is 16.6. The molecule has 0 aromatic heterocycles. The molecule has 0 saturated heterocycles. The molecule has 0 saturated carbocycles. The Hall–Kier alpha value is -2.82. The number of carbonyl (C=O) groups excluding carboxylic acids is 2. The van der Waals surface area contributed by atoms with Crippen LogP contribution < -0.4 is 14.8 Å². The Morgan fingerprint density at radius 1 is 0.889 bits per heavy atom. The number of Topliss-reactive ketones (excluding diaryl/α,β-unsaturated/α-hetero) is 1. The van der Waals surface area contributed by atoms with Crippen LogP contribution in [0.5, 0.6) is 11.5 Å². The van der Waals surface area contributed by atoms with Crippen molar-refractivity contribution in [2.45, 2.75) is 38.6 Å². The Morgan fingerprint density at radius 3 is 2.59 bits per heavy atom. The molecule has 4 rings (SSSR count). The first-order chi connectivity index (χ1) is 13.2. The van der Waals surface area contributed by atoms with Crippen LogP contribution in [0.3, 0.4) is 0 Å². The third-order valence-electron chi connectivity index (χ3n) is 5.10. The Kier molecular flexibility index (Phi) is 5.10. The van der Waals surface area contributed by atoms with Gasteiger partial charge >= 0.3 is 0 Å². The van der Waals surface area contributed by atoms with Crippen LogP contribution in [0.25, 0.3) is 0 Å². The second-order valence-electron chi connectivity index (χ2n) is 7.01. The molecule has 140 valence electrons. The first-order valence-electron chi connectivity index (χ1n) is 9.49. The van der Waals surface area contributed by atoms with Gasteiger partial charge in [-0.1, -0.05) is 18.2 Å². The van der Waals surface area contributed by atoms with Gasteiger partial charge in [-0.3, -0.25) is 9.59 Å². The molecular formula is C22H23NO4. The average molecular weight is 365 g/mol. The topological polar surface area (TPSA) is 64.6 Å². The van der Waals surface area contributed by atoms with E-state index < -0.39 is 0 Å². The van der Waals surface area contributed by atoms with E-state index in [0.717, 1.165) is 36.1 Å². The predicted octanol–water partition coefficient (Wildman–Crippen LogP) is 3.23. The number of aryl methyl sites for hydroxylation is 2. The maximum absolute atomic E-state index is 12.4. The van der Waals surface area contributed by atoms with Crippen LogP contribution in [-0.2, 0) is 24.2 Å². The molecule has 27 heavy (non-hydrogen) atoms. The zero-order chi connectivity index (χ0) is 18.6. The quantitative estimate of drug-likeness (QED) is 0.799. The number of hydrogen-bond donors (Lipinski definition) is 1. The zero-order valence-corrected chi connectivity index (χ0v) is 15.3. The summed E-state index contributed by atoms with van der Waals surface area (Å²) in [7, 11) is 0. The van der Waals surface area contributed by atoms with Gasteiger partial charge in [0.05, 0.1) is 0 Å². The Bertz CT molecular complexity index is 875. The molecule has 0 bridgehead atoms. The highest BCUT2D eigenvalue weighted by Gasteiger charge is 2.15. The van der Waals surface area contributed by atoms with Crippen molar-refractivity contribution in [2.24, 2.45) is 0 Å². The van der Waals surface area contributed by atoms with Crippen LogP contribution in [-0.4, -0.2) is 24.9 Å². The zero-order valence-electron chi connectivity index (χ0n) is 15.3. The van der Waals surface area contributed by atoms with E-state index in [1.807, 2.05) is 30.3 Å². The number of fused-ring (bicyclic) bond motifs is 2. The van der Waals surface area contributed by atoms with Gasteiger partial charge in [-0.15, -0.1) is 0 Å². The summed E-state index contributed by atoms with van der Waals surface area (Å²) in [4.78, 5) is 24.5. The molecule has 5 nitrogen and oxygen atoms in total. The van der Waals surface area contributed by atoms with E-state index in [2.05, 4.69) is 11.4 Å². The minimum Gasteiger partial charge on any atom is -0.486 e. The van der Waals surface area contributed by atoms with Crippen LogP contribution in [0, 0.1) is 0 Å². The van der Waals surface area contributed by atoms with Crippen molar-refractivity contribution in [2.75, 3.05) is 13.2 Å². The number of nitrogens with one attached hydrogen (secondary N) is 1. The number of amides is 1. The smallest absolute Gasteiger partial charge is 0.220 e. The Labute approximate surface area is 158 Å². The first-order valence-corrected chi connectivity index (χ1v) is 9.49. The van der Waals surface area contributed by atoms with Crippen molar-refractivity contribution >= 4 is 11.7 Å². The monoisotopic (exact) mass is 365 g/mol. The predicted molar refractivity (Wildman–Crippen MR) is 101 cm³/mol. The lowest BCUT2D eigenvalue weighted by Crippen LogP contribution is -2.23. The number of ether oxygens (including phenoxy) is 2. The normalized spacial score (nSPS) is 14.5. The summed E-state index contributed by atoms with van der Waals surface area (Å²) in [6, 6.07) is 11.6. The molecule has 0 spiro atoms. The summed E-state index contributed by atoms with van der Waals surface area (Å²) in [6.45, 7) is 1.50. The Balaban J connectivity index is 1.26. The van der Waals surface area contributed by atoms with Gasteiger partial charge in [-0.05, 0) is 54.2 Å². The highest BCUT2D eigenvalue weighted by molar-refractivity contribution is 5.98. The second kappa shape index (κ2) is 7.82. The number of hydrogen-bond acceptors (Lipinski definition) is 4. The van der Waals surface area contributed by atoms with E-state index in [1.54, 1.807) is 0 Å². The van der Waals surface area contributed by atoms with Crippen molar-refractivity contribution in [3.63, 3.8) is 0 Å². The SMILES string of the molecule is O=C(CCC(=O)c1ccc2c(c1)CCC2)NCc1ccc2c(c1)OCCO2. The summed E-state index contributed by atoms with van der Waals surface area (Å²) >= 11 is 0. The minimum absolute atomic E-state index is 0.0270. The van der Waals surface area contributed by atoms with Crippen LogP contribution >= 0.6 is 0 Å². The van der Waals surface area contributed by atoms with Crippen molar-refractivity contribution in [1.82, 2.24) is 5.32 Å². The number of benzene rings is 2. The molecule has 1 amide bonds. The van der Waals surface area contributed by atoms with Gasteiger partial charge in [0.1, 0.15) is 13.2 Å². The molecule has 2 aromatic rings. The summed E-state index contributed by atoms with van der Waals surface area (Å²) in [5.74, 6) is 1.34. The number of rotatable bonds is 6. The van der Waals surface area contributed by atoms with Gasteiger partial charge in [0, 0.05) is 24.9 Å². The van der Waals surface area contributed by atoms with E-state index in [4.69, 9.17) is 9.47 Å². The van der Waals surface area contributed by atoms with Gasteiger partial charge in [-0.25, -0.2) is 0 Å². The van der Waals surface area contributed by atoms with E-state index in [9.17, 15) is 9.59 Å². The number of carbonyl (C=O) groups is 2. The lowest BCUT2D eigenvalue weighted by Gasteiger charge is -2.19. The lowest BCUT2D eigenvalue weighted by atomic mass is 10.0. The van der Waals surface area contributed by atoms with Gasteiger partial charge in [0.2, 0.25) is 5.91 Å². The van der Waals surface area contributed by atoms with Gasteiger partial charge in [0.15, 0.2) is 17.3 Å². The van der Waals surface area contributed by atoms with E-state index in [0.29, 0.717) is 25.5 Å². The molecule has 1 aliphatic heterocycles. The summed E-state index contributed by atoms with van der Waals surface area (Å²) in [5.41, 5.74) is 4.29. The summed E-state index contributed by atoms with van der Waals surface area (Å²) < 4.78 is 11.0. The molecule has 0 atom stereocenters. The number of ketones is 1. The molecule has 1 heterocycles. The molecule has 0 fully saturated rings. The fourth-order valence-electron chi connectivity index (χ4n) is 3.60. The molecule has 0 unspecified atom stereocenters. The fraction of sp³-hybridized carbons (Fsp3) is 0.364. The summed E-state index contributed by atoms with van der Waals surface area (Å²) in [6.07, 6.45) is 3.74. The van der Waals surface area contributed by atoms with Gasteiger partial charge in [0.25, 0.3) is 0 Å². The van der Waals surface area contributed by atoms with Crippen molar-refractivity contribution in [1.29, 1.82) is 0 Å². The molecule has 0 radical (unpaired) electrons. The third-order valence-corrected chi connectivity index (χ3v) is 5.10. The third kappa shape index (κ3) is 4.13. The first kappa shape index (κ1) is 17.6. The lowest BCUT2D eigenvalue weighted by molar-refractivity contribution is -0.121. The largest absolute Gasteiger partial charge is 0.486 e. The second-order valence-corrected chi connectivity index (χ2v) is 7.01. The van der Waals surface area contributed by atoms with Crippen molar-refractivity contribution < 1.29 is 19.1 Å². The minimum atomic E-state index is -0.126. The van der Waals surface area contributed by atoms with E-state index >= 15 is 0 Å². The van der Waals surface area contributed by atoms with Crippen LogP contribution in [0.4, 0.5) is 0 Å². The highest BCUT2D eigenvalue weighted by Crippen LogP contribution is 2.30. The average Bonchev–Trinajstić information content (AvgIpc) is 3.18. The fourth-order valence-corrected chi connectivity index (χ4v) is 3.60. The maximum atomic E-state index is 12.4. The van der Waals surface area contributed by atoms with Crippen LogP contribution in [0.1, 0.15) is 46.3 Å².